The maximum absolute atomic E-state index is 13.2. The molecule has 1 spiro atoms. The number of nitrogens with zero attached hydrogens (tertiary/aromatic N) is 2. The van der Waals surface area contributed by atoms with Crippen LogP contribution in [-0.4, -0.2) is 52.0 Å². The van der Waals surface area contributed by atoms with Crippen molar-refractivity contribution in [1.29, 1.82) is 0 Å². The van der Waals surface area contributed by atoms with Gasteiger partial charge in [-0.05, 0) is 35.8 Å². The van der Waals surface area contributed by atoms with E-state index in [9.17, 15) is 9.59 Å². The van der Waals surface area contributed by atoms with Gasteiger partial charge >= 0.3 is 6.03 Å². The van der Waals surface area contributed by atoms with Gasteiger partial charge in [-0.3, -0.25) is 4.79 Å². The molecule has 0 saturated carbocycles. The summed E-state index contributed by atoms with van der Waals surface area (Å²) in [7, 11) is 0. The fourth-order valence-corrected chi connectivity index (χ4v) is 6.05. The molecule has 0 aliphatic carbocycles. The third kappa shape index (κ3) is 4.48. The summed E-state index contributed by atoms with van der Waals surface area (Å²) in [5.41, 5.74) is 3.34. The maximum atomic E-state index is 13.2. The largest absolute Gasteiger partial charge is 0.327 e. The van der Waals surface area contributed by atoms with Gasteiger partial charge in [0.05, 0.1) is 4.87 Å². The second-order valence-corrected chi connectivity index (χ2v) is 10.9. The minimum absolute atomic E-state index is 0.0175. The summed E-state index contributed by atoms with van der Waals surface area (Å²) in [6.07, 6.45) is 1.68. The lowest BCUT2D eigenvalue weighted by Gasteiger charge is -2.44. The van der Waals surface area contributed by atoms with E-state index in [0.29, 0.717) is 24.9 Å². The van der Waals surface area contributed by atoms with Gasteiger partial charge in [-0.1, -0.05) is 59.7 Å². The monoisotopic (exact) mass is 431 g/mol. The van der Waals surface area contributed by atoms with Crippen molar-refractivity contribution in [2.75, 3.05) is 30.7 Å². The molecular weight excluding hydrogens is 394 g/mol. The molecule has 6 heteroatoms. The van der Waals surface area contributed by atoms with E-state index in [1.807, 2.05) is 30.5 Å². The molecule has 0 radical (unpaired) electrons. The molecule has 2 heterocycles. The van der Waals surface area contributed by atoms with Crippen LogP contribution in [0.15, 0.2) is 18.2 Å². The van der Waals surface area contributed by atoms with Crippen molar-refractivity contribution >= 4 is 29.4 Å². The van der Waals surface area contributed by atoms with Crippen LogP contribution in [0.3, 0.4) is 0 Å². The molecule has 0 unspecified atom stereocenters. The number of hydrogen-bond acceptors (Lipinski definition) is 3. The molecular formula is C24H37N3O2S. The molecule has 3 rings (SSSR count). The van der Waals surface area contributed by atoms with Crippen LogP contribution in [-0.2, 0) is 4.79 Å². The van der Waals surface area contributed by atoms with E-state index in [2.05, 4.69) is 56.1 Å². The Morgan fingerprint density at radius 1 is 0.967 bits per heavy atom. The van der Waals surface area contributed by atoms with Gasteiger partial charge in [0, 0.05) is 37.0 Å². The Morgan fingerprint density at radius 3 is 2.03 bits per heavy atom. The zero-order valence-electron chi connectivity index (χ0n) is 19.3. The Balaban J connectivity index is 1.72. The quantitative estimate of drug-likeness (QED) is 0.686. The first-order chi connectivity index (χ1) is 14.2. The number of rotatable bonds is 4. The van der Waals surface area contributed by atoms with E-state index in [0.717, 1.165) is 30.8 Å². The average Bonchev–Trinajstić information content (AvgIpc) is 3.10. The molecule has 5 nitrogen and oxygen atoms in total. The van der Waals surface area contributed by atoms with Crippen molar-refractivity contribution in [3.05, 3.63) is 29.3 Å². The fraction of sp³-hybridized carbons (Fsp3) is 0.667. The van der Waals surface area contributed by atoms with Crippen LogP contribution in [0.5, 0.6) is 0 Å². The normalized spacial score (nSPS) is 18.7. The van der Waals surface area contributed by atoms with Gasteiger partial charge in [0.15, 0.2) is 0 Å². The van der Waals surface area contributed by atoms with Gasteiger partial charge in [-0.15, -0.1) is 11.8 Å². The first-order valence-electron chi connectivity index (χ1n) is 11.3. The number of nitrogens with one attached hydrogen (secondary N) is 1. The van der Waals surface area contributed by atoms with Crippen LogP contribution in [0.2, 0.25) is 0 Å². The number of thioether (sulfide) groups is 1. The molecule has 2 aliphatic rings. The van der Waals surface area contributed by atoms with Gasteiger partial charge in [-0.25, -0.2) is 4.79 Å². The van der Waals surface area contributed by atoms with Crippen LogP contribution >= 0.6 is 11.8 Å². The zero-order chi connectivity index (χ0) is 22.1. The average molecular weight is 432 g/mol. The van der Waals surface area contributed by atoms with Crippen molar-refractivity contribution in [3.63, 3.8) is 0 Å². The number of carbonyl (C=O) groups excluding carboxylic acids is 2. The first-order valence-corrected chi connectivity index (χ1v) is 12.3. The molecule has 0 atom stereocenters. The van der Waals surface area contributed by atoms with Crippen molar-refractivity contribution < 1.29 is 9.59 Å². The third-order valence-corrected chi connectivity index (χ3v) is 7.93. The molecule has 2 fully saturated rings. The Labute approximate surface area is 186 Å². The van der Waals surface area contributed by atoms with Crippen LogP contribution < -0.4 is 5.32 Å². The Bertz CT molecular complexity index is 756. The summed E-state index contributed by atoms with van der Waals surface area (Å²) in [6, 6.07) is 6.29. The standard InChI is InChI=1S/C24H37N3O2S/c1-16(2)19-8-7-9-20(17(3)4)21(19)25-23(29)26-12-10-24(11-13-26)27(14-15-30-24)22(28)18(5)6/h7-9,16-18H,10-15H2,1-6H3,(H,25,29). The molecule has 2 saturated heterocycles. The number of piperidine rings is 1. The molecule has 0 aromatic heterocycles. The molecule has 166 valence electrons. The second-order valence-electron chi connectivity index (χ2n) is 9.48. The Kier molecular flexibility index (Phi) is 7.05. The van der Waals surface area contributed by atoms with Crippen molar-refractivity contribution in [2.24, 2.45) is 5.92 Å². The second kappa shape index (κ2) is 9.21. The number of carbonyl (C=O) groups is 2. The number of likely N-dealkylation sites (tertiary alicyclic amines) is 1. The molecule has 30 heavy (non-hydrogen) atoms. The topological polar surface area (TPSA) is 52.7 Å². The summed E-state index contributed by atoms with van der Waals surface area (Å²) in [4.78, 5) is 29.7. The highest BCUT2D eigenvalue weighted by Gasteiger charge is 2.47. The van der Waals surface area contributed by atoms with Crippen molar-refractivity contribution in [1.82, 2.24) is 9.80 Å². The van der Waals surface area contributed by atoms with Gasteiger partial charge in [-0.2, -0.15) is 0 Å². The van der Waals surface area contributed by atoms with Crippen LogP contribution in [0.1, 0.15) is 77.3 Å². The Hall–Kier alpha value is -1.69. The number of benzene rings is 1. The lowest BCUT2D eigenvalue weighted by Crippen LogP contribution is -2.55. The lowest BCUT2D eigenvalue weighted by molar-refractivity contribution is -0.137. The minimum Gasteiger partial charge on any atom is -0.327 e. The maximum Gasteiger partial charge on any atom is 0.321 e. The molecule has 3 amide bonds. The van der Waals surface area contributed by atoms with Crippen molar-refractivity contribution in [3.8, 4) is 0 Å². The highest BCUT2D eigenvalue weighted by atomic mass is 32.2. The number of urea groups is 1. The van der Waals surface area contributed by atoms with Gasteiger partial charge in [0.2, 0.25) is 5.91 Å². The summed E-state index contributed by atoms with van der Waals surface area (Å²) >= 11 is 1.90. The number of hydrogen-bond donors (Lipinski definition) is 1. The molecule has 2 aliphatic heterocycles. The van der Waals surface area contributed by atoms with Gasteiger partial charge < -0.3 is 15.1 Å². The first kappa shape index (κ1) is 23.0. The summed E-state index contributed by atoms with van der Waals surface area (Å²) in [5.74, 6) is 1.93. The van der Waals surface area contributed by atoms with E-state index >= 15 is 0 Å². The van der Waals surface area contributed by atoms with E-state index in [1.54, 1.807) is 0 Å². The van der Waals surface area contributed by atoms with Crippen LogP contribution in [0.4, 0.5) is 10.5 Å². The van der Waals surface area contributed by atoms with Gasteiger partial charge in [0.25, 0.3) is 0 Å². The predicted octanol–water partition coefficient (Wildman–Crippen LogP) is 5.49. The smallest absolute Gasteiger partial charge is 0.321 e. The Morgan fingerprint density at radius 2 is 1.53 bits per heavy atom. The van der Waals surface area contributed by atoms with Crippen molar-refractivity contribution in [2.45, 2.75) is 71.1 Å². The fourth-order valence-electron chi connectivity index (χ4n) is 4.59. The molecule has 1 aromatic rings. The number of anilines is 1. The van der Waals surface area contributed by atoms with Gasteiger partial charge in [0.1, 0.15) is 0 Å². The molecule has 1 aromatic carbocycles. The highest BCUT2D eigenvalue weighted by Crippen LogP contribution is 2.44. The number of amides is 3. The predicted molar refractivity (Wildman–Crippen MR) is 126 cm³/mol. The number of para-hydroxylation sites is 1. The third-order valence-electron chi connectivity index (χ3n) is 6.37. The lowest BCUT2D eigenvalue weighted by atomic mass is 9.92. The summed E-state index contributed by atoms with van der Waals surface area (Å²) in [6.45, 7) is 14.8. The van der Waals surface area contributed by atoms with E-state index in [1.165, 1.54) is 11.1 Å². The SMILES string of the molecule is CC(C)C(=O)N1CCSC12CCN(C(=O)Nc1c(C(C)C)cccc1C(C)C)CC2. The van der Waals surface area contributed by atoms with E-state index in [-0.39, 0.29) is 22.7 Å². The van der Waals surface area contributed by atoms with E-state index in [4.69, 9.17) is 0 Å². The van der Waals surface area contributed by atoms with Crippen LogP contribution in [0.25, 0.3) is 0 Å². The zero-order valence-corrected chi connectivity index (χ0v) is 20.1. The minimum atomic E-state index is -0.128. The highest BCUT2D eigenvalue weighted by molar-refractivity contribution is 8.00. The summed E-state index contributed by atoms with van der Waals surface area (Å²) in [5, 5.41) is 3.24. The van der Waals surface area contributed by atoms with Crippen LogP contribution in [0, 0.1) is 5.92 Å². The van der Waals surface area contributed by atoms with E-state index < -0.39 is 0 Å². The summed E-state index contributed by atoms with van der Waals surface area (Å²) < 4.78 is 0. The molecule has 0 bridgehead atoms. The molecule has 1 N–H and O–H groups in total.